The van der Waals surface area contributed by atoms with Crippen LogP contribution in [0.15, 0.2) is 6.07 Å². The fourth-order valence-electron chi connectivity index (χ4n) is 1.93. The summed E-state index contributed by atoms with van der Waals surface area (Å²) in [5, 5.41) is 3.17. The molecule has 1 aromatic rings. The maximum Gasteiger partial charge on any atom is 0.226 e. The Bertz CT molecular complexity index is 516. The van der Waals surface area contributed by atoms with Crippen molar-refractivity contribution in [2.45, 2.75) is 25.8 Å². The fraction of sp³-hybridized carbons (Fsp3) is 0.636. The number of hydrogen-bond donors (Lipinski definition) is 1. The molecule has 100 valence electrons. The zero-order chi connectivity index (χ0) is 13.2. The average Bonchev–Trinajstić information content (AvgIpc) is 2.31. The number of anilines is 1. The number of nitrogens with one attached hydrogen (secondary N) is 1. The van der Waals surface area contributed by atoms with Crippen LogP contribution in [0.5, 0.6) is 5.88 Å². The third-order valence-corrected chi connectivity index (χ3v) is 4.64. The van der Waals surface area contributed by atoms with Gasteiger partial charge in [0.15, 0.2) is 0 Å². The second kappa shape index (κ2) is 5.09. The maximum absolute atomic E-state index is 11.3. The van der Waals surface area contributed by atoms with Crippen molar-refractivity contribution in [1.82, 2.24) is 9.97 Å². The van der Waals surface area contributed by atoms with Gasteiger partial charge in [-0.15, -0.1) is 0 Å². The normalized spacial score (nSPS) is 19.4. The number of methoxy groups -OCH3 is 1. The molecule has 1 aliphatic rings. The summed E-state index contributed by atoms with van der Waals surface area (Å²) < 4.78 is 27.7. The first kappa shape index (κ1) is 13.1. The van der Waals surface area contributed by atoms with Crippen LogP contribution in [-0.4, -0.2) is 43.0 Å². The van der Waals surface area contributed by atoms with Gasteiger partial charge in [-0.25, -0.2) is 13.4 Å². The van der Waals surface area contributed by atoms with Gasteiger partial charge in [-0.2, -0.15) is 4.98 Å². The van der Waals surface area contributed by atoms with Gasteiger partial charge in [0.2, 0.25) is 11.8 Å². The highest BCUT2D eigenvalue weighted by atomic mass is 32.2. The van der Waals surface area contributed by atoms with E-state index >= 15 is 0 Å². The molecule has 0 unspecified atom stereocenters. The molecule has 7 heteroatoms. The largest absolute Gasteiger partial charge is 0.481 e. The third kappa shape index (κ3) is 3.32. The molecule has 2 heterocycles. The van der Waals surface area contributed by atoms with Crippen molar-refractivity contribution >= 4 is 15.8 Å². The summed E-state index contributed by atoms with van der Waals surface area (Å²) in [5.41, 5.74) is 0.813. The Hall–Kier alpha value is -1.37. The second-order valence-corrected chi connectivity index (χ2v) is 6.75. The highest BCUT2D eigenvalue weighted by molar-refractivity contribution is 7.91. The van der Waals surface area contributed by atoms with Crippen molar-refractivity contribution in [2.75, 3.05) is 23.9 Å². The van der Waals surface area contributed by atoms with E-state index in [4.69, 9.17) is 4.74 Å². The molecule has 0 amide bonds. The second-order valence-electron chi connectivity index (χ2n) is 4.45. The first-order valence-electron chi connectivity index (χ1n) is 5.85. The van der Waals surface area contributed by atoms with E-state index in [9.17, 15) is 8.42 Å². The number of aryl methyl sites for hydroxylation is 1. The molecule has 0 saturated carbocycles. The van der Waals surface area contributed by atoms with E-state index in [0.717, 1.165) is 5.69 Å². The minimum absolute atomic E-state index is 0.111. The van der Waals surface area contributed by atoms with E-state index in [2.05, 4.69) is 15.3 Å². The van der Waals surface area contributed by atoms with Gasteiger partial charge in [0.25, 0.3) is 0 Å². The summed E-state index contributed by atoms with van der Waals surface area (Å²) in [6.45, 7) is 1.86. The van der Waals surface area contributed by atoms with E-state index < -0.39 is 9.84 Å². The monoisotopic (exact) mass is 271 g/mol. The van der Waals surface area contributed by atoms with Gasteiger partial charge < -0.3 is 10.1 Å². The molecule has 0 bridgehead atoms. The van der Waals surface area contributed by atoms with Gasteiger partial charge in [-0.1, -0.05) is 0 Å². The molecule has 18 heavy (non-hydrogen) atoms. The van der Waals surface area contributed by atoms with Crippen molar-refractivity contribution in [3.63, 3.8) is 0 Å². The molecule has 0 spiro atoms. The van der Waals surface area contributed by atoms with E-state index in [1.165, 1.54) is 0 Å². The van der Waals surface area contributed by atoms with Crippen LogP contribution in [0.1, 0.15) is 18.5 Å². The van der Waals surface area contributed by atoms with E-state index in [0.29, 0.717) is 24.7 Å². The molecule has 1 N–H and O–H groups in total. The van der Waals surface area contributed by atoms with Crippen molar-refractivity contribution in [3.05, 3.63) is 11.8 Å². The number of hydrogen-bond acceptors (Lipinski definition) is 6. The van der Waals surface area contributed by atoms with Crippen LogP contribution in [0.2, 0.25) is 0 Å². The Labute approximate surface area is 107 Å². The summed E-state index contributed by atoms with van der Waals surface area (Å²) >= 11 is 0. The zero-order valence-electron chi connectivity index (χ0n) is 10.5. The molecule has 2 rings (SSSR count). The van der Waals surface area contributed by atoms with Crippen molar-refractivity contribution in [2.24, 2.45) is 0 Å². The van der Waals surface area contributed by atoms with Crippen LogP contribution in [0.4, 0.5) is 5.95 Å². The molecular weight excluding hydrogens is 254 g/mol. The fourth-order valence-corrected chi connectivity index (χ4v) is 3.42. The van der Waals surface area contributed by atoms with Gasteiger partial charge >= 0.3 is 0 Å². The van der Waals surface area contributed by atoms with Gasteiger partial charge in [0.05, 0.1) is 18.6 Å². The Kier molecular flexibility index (Phi) is 3.70. The minimum atomic E-state index is -2.83. The van der Waals surface area contributed by atoms with Crippen LogP contribution >= 0.6 is 0 Å². The lowest BCUT2D eigenvalue weighted by atomic mass is 10.2. The van der Waals surface area contributed by atoms with Gasteiger partial charge in [-0.3, -0.25) is 0 Å². The lowest BCUT2D eigenvalue weighted by Crippen LogP contribution is -2.32. The molecule has 0 radical (unpaired) electrons. The first-order chi connectivity index (χ1) is 8.48. The third-order valence-electron chi connectivity index (χ3n) is 2.93. The highest BCUT2D eigenvalue weighted by Gasteiger charge is 2.24. The maximum atomic E-state index is 11.3. The highest BCUT2D eigenvalue weighted by Crippen LogP contribution is 2.17. The molecule has 6 nitrogen and oxygen atoms in total. The number of aromatic nitrogens is 2. The van der Waals surface area contributed by atoms with Gasteiger partial charge in [0, 0.05) is 17.8 Å². The first-order valence-corrected chi connectivity index (χ1v) is 7.67. The van der Waals surface area contributed by atoms with E-state index in [-0.39, 0.29) is 17.5 Å². The van der Waals surface area contributed by atoms with Crippen LogP contribution in [0, 0.1) is 6.92 Å². The molecule has 1 aliphatic heterocycles. The molecule has 1 saturated heterocycles. The smallest absolute Gasteiger partial charge is 0.226 e. The quantitative estimate of drug-likeness (QED) is 0.875. The molecule has 0 aliphatic carbocycles. The standard InChI is InChI=1S/C11H17N3O3S/c1-8-7-10(17-2)14-11(12-8)13-9-3-5-18(15,16)6-4-9/h7,9H,3-6H2,1-2H3,(H,12,13,14). The predicted octanol–water partition coefficient (Wildman–Crippen LogP) is 0.783. The number of rotatable bonds is 3. The lowest BCUT2D eigenvalue weighted by Gasteiger charge is -2.23. The summed E-state index contributed by atoms with van der Waals surface area (Å²) in [7, 11) is -1.28. The predicted molar refractivity (Wildman–Crippen MR) is 68.6 cm³/mol. The van der Waals surface area contributed by atoms with Gasteiger partial charge in [-0.05, 0) is 19.8 Å². The Morgan fingerprint density at radius 2 is 2.00 bits per heavy atom. The van der Waals surface area contributed by atoms with Crippen molar-refractivity contribution < 1.29 is 13.2 Å². The SMILES string of the molecule is COc1cc(C)nc(NC2CCS(=O)(=O)CC2)n1. The van der Waals surface area contributed by atoms with Gasteiger partial charge in [0.1, 0.15) is 9.84 Å². The van der Waals surface area contributed by atoms with Crippen molar-refractivity contribution in [3.8, 4) is 5.88 Å². The molecule has 0 atom stereocenters. The molecule has 1 fully saturated rings. The number of ether oxygens (including phenoxy) is 1. The van der Waals surface area contributed by atoms with E-state index in [1.54, 1.807) is 13.2 Å². The Morgan fingerprint density at radius 3 is 2.61 bits per heavy atom. The summed E-state index contributed by atoms with van der Waals surface area (Å²) in [6.07, 6.45) is 1.20. The summed E-state index contributed by atoms with van der Waals surface area (Å²) in [5.74, 6) is 1.46. The summed E-state index contributed by atoms with van der Waals surface area (Å²) in [4.78, 5) is 8.45. The molecule has 1 aromatic heterocycles. The van der Waals surface area contributed by atoms with Crippen LogP contribution in [0.3, 0.4) is 0 Å². The Balaban J connectivity index is 2.04. The van der Waals surface area contributed by atoms with E-state index in [1.807, 2.05) is 6.92 Å². The molecule has 0 aromatic carbocycles. The summed E-state index contributed by atoms with van der Waals surface area (Å²) in [6, 6.07) is 1.86. The Morgan fingerprint density at radius 1 is 1.33 bits per heavy atom. The van der Waals surface area contributed by atoms with Crippen LogP contribution < -0.4 is 10.1 Å². The minimum Gasteiger partial charge on any atom is -0.481 e. The van der Waals surface area contributed by atoms with Crippen molar-refractivity contribution in [1.29, 1.82) is 0 Å². The topological polar surface area (TPSA) is 81.2 Å². The molecular formula is C11H17N3O3S. The lowest BCUT2D eigenvalue weighted by molar-refractivity contribution is 0.396. The number of nitrogens with zero attached hydrogens (tertiary/aromatic N) is 2. The number of sulfone groups is 1. The van der Waals surface area contributed by atoms with Crippen LogP contribution in [0.25, 0.3) is 0 Å². The average molecular weight is 271 g/mol. The zero-order valence-corrected chi connectivity index (χ0v) is 11.3. The van der Waals surface area contributed by atoms with Crippen LogP contribution in [-0.2, 0) is 9.84 Å².